The van der Waals surface area contributed by atoms with Crippen LogP contribution >= 0.6 is 0 Å². The Morgan fingerprint density at radius 1 is 1.16 bits per heavy atom. The molecular formula is C14H27NO4. The van der Waals surface area contributed by atoms with Crippen LogP contribution in [0.4, 0.5) is 0 Å². The van der Waals surface area contributed by atoms with Gasteiger partial charge in [-0.25, -0.2) is 0 Å². The average Bonchev–Trinajstić information content (AvgIpc) is 2.44. The zero-order valence-electron chi connectivity index (χ0n) is 12.5. The highest BCUT2D eigenvalue weighted by Gasteiger charge is 2.27. The molecule has 19 heavy (non-hydrogen) atoms. The predicted molar refractivity (Wildman–Crippen MR) is 73.6 cm³/mol. The SMILES string of the molecule is CCC(CC)C(=O)N(CCC(=O)OC)C(CC)CO. The minimum Gasteiger partial charge on any atom is -0.469 e. The minimum absolute atomic E-state index is 0.0230. The highest BCUT2D eigenvalue weighted by molar-refractivity contribution is 5.80. The van der Waals surface area contributed by atoms with Crippen molar-refractivity contribution >= 4 is 11.9 Å². The molecule has 0 radical (unpaired) electrons. The van der Waals surface area contributed by atoms with Crippen molar-refractivity contribution in [1.29, 1.82) is 0 Å². The Balaban J connectivity index is 4.83. The average molecular weight is 273 g/mol. The van der Waals surface area contributed by atoms with Crippen LogP contribution in [-0.2, 0) is 14.3 Å². The molecule has 0 fully saturated rings. The van der Waals surface area contributed by atoms with Crippen LogP contribution in [0.3, 0.4) is 0 Å². The van der Waals surface area contributed by atoms with Crippen molar-refractivity contribution in [2.75, 3.05) is 20.3 Å². The quantitative estimate of drug-likeness (QED) is 0.648. The van der Waals surface area contributed by atoms with E-state index in [-0.39, 0.29) is 36.9 Å². The molecule has 0 aliphatic heterocycles. The Labute approximate surface area is 115 Å². The van der Waals surface area contributed by atoms with E-state index in [1.165, 1.54) is 7.11 Å². The van der Waals surface area contributed by atoms with Gasteiger partial charge in [0.1, 0.15) is 0 Å². The summed E-state index contributed by atoms with van der Waals surface area (Å²) in [6.07, 6.45) is 2.38. The Bertz CT molecular complexity index is 273. The van der Waals surface area contributed by atoms with Gasteiger partial charge in [-0.3, -0.25) is 9.59 Å². The number of hydrogen-bond acceptors (Lipinski definition) is 4. The molecule has 0 aromatic heterocycles. The first-order chi connectivity index (χ1) is 9.05. The van der Waals surface area contributed by atoms with Crippen LogP contribution in [0.25, 0.3) is 0 Å². The number of carbonyl (C=O) groups is 2. The fourth-order valence-corrected chi connectivity index (χ4v) is 2.11. The number of carbonyl (C=O) groups excluding carboxylic acids is 2. The first-order valence-corrected chi connectivity index (χ1v) is 7.03. The van der Waals surface area contributed by atoms with Gasteiger partial charge in [-0.05, 0) is 19.3 Å². The zero-order chi connectivity index (χ0) is 14.8. The Morgan fingerprint density at radius 3 is 2.11 bits per heavy atom. The molecule has 0 aliphatic carbocycles. The molecule has 0 saturated carbocycles. The number of nitrogens with zero attached hydrogens (tertiary/aromatic N) is 1. The number of esters is 1. The van der Waals surface area contributed by atoms with E-state index < -0.39 is 0 Å². The second-order valence-corrected chi connectivity index (χ2v) is 4.62. The topological polar surface area (TPSA) is 66.8 Å². The third-order valence-corrected chi connectivity index (χ3v) is 3.53. The highest BCUT2D eigenvalue weighted by atomic mass is 16.5. The minimum atomic E-state index is -0.338. The molecule has 1 N–H and O–H groups in total. The van der Waals surface area contributed by atoms with Crippen LogP contribution in [0.5, 0.6) is 0 Å². The molecule has 1 amide bonds. The van der Waals surface area contributed by atoms with Crippen LogP contribution in [0, 0.1) is 5.92 Å². The fraction of sp³-hybridized carbons (Fsp3) is 0.857. The van der Waals surface area contributed by atoms with Crippen molar-refractivity contribution in [3.8, 4) is 0 Å². The van der Waals surface area contributed by atoms with E-state index >= 15 is 0 Å². The molecule has 0 rings (SSSR count). The first kappa shape index (κ1) is 17.9. The third kappa shape index (κ3) is 5.59. The number of amides is 1. The Morgan fingerprint density at radius 2 is 1.74 bits per heavy atom. The largest absolute Gasteiger partial charge is 0.469 e. The van der Waals surface area contributed by atoms with Gasteiger partial charge in [0.05, 0.1) is 26.2 Å². The number of aliphatic hydroxyl groups excluding tert-OH is 1. The zero-order valence-corrected chi connectivity index (χ0v) is 12.5. The summed E-state index contributed by atoms with van der Waals surface area (Å²) in [6, 6.07) is -0.224. The number of methoxy groups -OCH3 is 1. The summed E-state index contributed by atoms with van der Waals surface area (Å²) in [5.41, 5.74) is 0. The maximum Gasteiger partial charge on any atom is 0.307 e. The Kier molecular flexibility index (Phi) is 9.21. The lowest BCUT2D eigenvalue weighted by Crippen LogP contribution is -2.46. The van der Waals surface area contributed by atoms with E-state index in [0.29, 0.717) is 13.0 Å². The van der Waals surface area contributed by atoms with Crippen LogP contribution < -0.4 is 0 Å². The maximum absolute atomic E-state index is 12.4. The van der Waals surface area contributed by atoms with Crippen LogP contribution in [0.2, 0.25) is 0 Å². The monoisotopic (exact) mass is 273 g/mol. The summed E-state index contributed by atoms with van der Waals surface area (Å²) < 4.78 is 4.60. The van der Waals surface area contributed by atoms with Crippen molar-refractivity contribution in [3.63, 3.8) is 0 Å². The van der Waals surface area contributed by atoms with Gasteiger partial charge in [0.2, 0.25) is 5.91 Å². The molecule has 0 spiro atoms. The second kappa shape index (κ2) is 9.78. The fourth-order valence-electron chi connectivity index (χ4n) is 2.11. The smallest absolute Gasteiger partial charge is 0.307 e. The van der Waals surface area contributed by atoms with Crippen molar-refractivity contribution in [3.05, 3.63) is 0 Å². The van der Waals surface area contributed by atoms with Gasteiger partial charge < -0.3 is 14.7 Å². The molecule has 0 saturated heterocycles. The third-order valence-electron chi connectivity index (χ3n) is 3.53. The summed E-state index contributed by atoms with van der Waals surface area (Å²) in [7, 11) is 1.33. The summed E-state index contributed by atoms with van der Waals surface area (Å²) in [4.78, 5) is 25.3. The maximum atomic E-state index is 12.4. The lowest BCUT2D eigenvalue weighted by Gasteiger charge is -2.32. The molecule has 1 unspecified atom stereocenters. The van der Waals surface area contributed by atoms with Crippen LogP contribution in [0.15, 0.2) is 0 Å². The van der Waals surface area contributed by atoms with Crippen LogP contribution in [-0.4, -0.2) is 48.2 Å². The van der Waals surface area contributed by atoms with Gasteiger partial charge in [-0.15, -0.1) is 0 Å². The van der Waals surface area contributed by atoms with Gasteiger partial charge in [0.15, 0.2) is 0 Å². The number of aliphatic hydroxyl groups is 1. The molecule has 0 heterocycles. The molecule has 0 aromatic carbocycles. The predicted octanol–water partition coefficient (Wildman–Crippen LogP) is 1.59. The molecule has 5 nitrogen and oxygen atoms in total. The van der Waals surface area contributed by atoms with Crippen molar-refractivity contribution < 1.29 is 19.4 Å². The standard InChI is InChI=1S/C14H27NO4/c1-5-11(6-2)14(18)15(12(7-3)10-16)9-8-13(17)19-4/h11-12,16H,5-10H2,1-4H3. The van der Waals surface area contributed by atoms with E-state index in [1.54, 1.807) is 4.90 Å². The summed E-state index contributed by atoms with van der Waals surface area (Å²) in [6.45, 7) is 6.10. The number of ether oxygens (including phenoxy) is 1. The molecule has 5 heteroatoms. The molecule has 112 valence electrons. The van der Waals surface area contributed by atoms with E-state index in [1.807, 2.05) is 20.8 Å². The van der Waals surface area contributed by atoms with Crippen molar-refractivity contribution in [2.24, 2.45) is 5.92 Å². The molecule has 0 aliphatic rings. The van der Waals surface area contributed by atoms with Crippen molar-refractivity contribution in [1.82, 2.24) is 4.90 Å². The van der Waals surface area contributed by atoms with E-state index in [0.717, 1.165) is 12.8 Å². The van der Waals surface area contributed by atoms with Gasteiger partial charge >= 0.3 is 5.97 Å². The number of hydrogen-bond donors (Lipinski definition) is 1. The number of rotatable bonds is 9. The summed E-state index contributed by atoms with van der Waals surface area (Å²) in [5, 5.41) is 9.38. The lowest BCUT2D eigenvalue weighted by molar-refractivity contribution is -0.144. The van der Waals surface area contributed by atoms with E-state index in [9.17, 15) is 14.7 Å². The Hall–Kier alpha value is -1.10. The molecular weight excluding hydrogens is 246 g/mol. The highest BCUT2D eigenvalue weighted by Crippen LogP contribution is 2.16. The normalized spacial score (nSPS) is 12.3. The summed E-state index contributed by atoms with van der Waals surface area (Å²) >= 11 is 0. The van der Waals surface area contributed by atoms with Gasteiger partial charge in [0, 0.05) is 12.5 Å². The molecule has 0 bridgehead atoms. The summed E-state index contributed by atoms with van der Waals surface area (Å²) in [5.74, 6) is -0.358. The second-order valence-electron chi connectivity index (χ2n) is 4.62. The van der Waals surface area contributed by atoms with Gasteiger partial charge in [-0.2, -0.15) is 0 Å². The molecule has 0 aromatic rings. The van der Waals surface area contributed by atoms with Crippen LogP contribution in [0.1, 0.15) is 46.5 Å². The van der Waals surface area contributed by atoms with Crippen molar-refractivity contribution in [2.45, 2.75) is 52.5 Å². The van der Waals surface area contributed by atoms with Gasteiger partial charge in [-0.1, -0.05) is 20.8 Å². The van der Waals surface area contributed by atoms with E-state index in [2.05, 4.69) is 4.74 Å². The molecule has 1 atom stereocenters. The van der Waals surface area contributed by atoms with Gasteiger partial charge in [0.25, 0.3) is 0 Å². The first-order valence-electron chi connectivity index (χ1n) is 7.03. The van der Waals surface area contributed by atoms with E-state index in [4.69, 9.17) is 0 Å². The lowest BCUT2D eigenvalue weighted by atomic mass is 10.00.